The van der Waals surface area contributed by atoms with E-state index in [1.54, 1.807) is 32.1 Å². The Morgan fingerprint density at radius 1 is 1.23 bits per heavy atom. The minimum Gasteiger partial charge on any atom is -0.458 e. The Labute approximate surface area is 212 Å². The van der Waals surface area contributed by atoms with E-state index in [4.69, 9.17) is 9.47 Å². The minimum absolute atomic E-state index is 0.0968. The third-order valence-corrected chi connectivity index (χ3v) is 8.30. The Balaban J connectivity index is 1.89. The molecule has 0 amide bonds. The number of carbonyl (C=O) groups is 2. The molecule has 3 rings (SSSR count). The van der Waals surface area contributed by atoms with Gasteiger partial charge in [-0.1, -0.05) is 39.8 Å². The number of aromatic nitrogens is 1. The Morgan fingerprint density at radius 2 is 1.91 bits per heavy atom. The highest BCUT2D eigenvalue weighted by Crippen LogP contribution is 2.44. The molecule has 35 heavy (non-hydrogen) atoms. The quantitative estimate of drug-likeness (QED) is 0.351. The number of ketones is 1. The second kappa shape index (κ2) is 10.6. The smallest absolute Gasteiger partial charge is 0.309 e. The summed E-state index contributed by atoms with van der Waals surface area (Å²) in [5.74, 6) is -1.83. The molecule has 0 radical (unpaired) electrons. The van der Waals surface area contributed by atoms with Gasteiger partial charge in [0.1, 0.15) is 11.9 Å². The molecule has 2 aliphatic heterocycles. The number of hydrogen-bond acceptors (Lipinski definition) is 8. The number of epoxide rings is 1. The third-order valence-electron chi connectivity index (χ3n) is 7.51. The first-order valence-electron chi connectivity index (χ1n) is 12.3. The number of cyclic esters (lactones) is 1. The summed E-state index contributed by atoms with van der Waals surface area (Å²) in [7, 11) is 0. The van der Waals surface area contributed by atoms with Crippen LogP contribution in [0.4, 0.5) is 0 Å². The number of aliphatic hydroxyl groups is 2. The van der Waals surface area contributed by atoms with Crippen LogP contribution in [-0.4, -0.2) is 57.0 Å². The second-order valence-electron chi connectivity index (χ2n) is 10.9. The van der Waals surface area contributed by atoms with Crippen molar-refractivity contribution in [2.24, 2.45) is 17.3 Å². The fourth-order valence-electron chi connectivity index (χ4n) is 4.67. The Hall–Kier alpha value is -1.87. The highest BCUT2D eigenvalue weighted by Gasteiger charge is 2.52. The van der Waals surface area contributed by atoms with Gasteiger partial charge in [-0.2, -0.15) is 0 Å². The lowest BCUT2D eigenvalue weighted by Gasteiger charge is -2.34. The summed E-state index contributed by atoms with van der Waals surface area (Å²) in [6.45, 7) is 12.6. The fourth-order valence-corrected chi connectivity index (χ4v) is 5.24. The first-order chi connectivity index (χ1) is 16.2. The molecule has 1 fully saturated rings. The predicted octanol–water partition coefficient (Wildman–Crippen LogP) is 4.25. The maximum atomic E-state index is 13.2. The molecule has 2 unspecified atom stereocenters. The van der Waals surface area contributed by atoms with Crippen LogP contribution in [0.3, 0.4) is 0 Å². The lowest BCUT2D eigenvalue weighted by molar-refractivity contribution is -0.154. The molecule has 0 bridgehead atoms. The summed E-state index contributed by atoms with van der Waals surface area (Å²) in [4.78, 5) is 30.6. The molecule has 0 aliphatic carbocycles. The zero-order chi connectivity index (χ0) is 26.1. The van der Waals surface area contributed by atoms with E-state index in [0.717, 1.165) is 16.3 Å². The predicted molar refractivity (Wildman–Crippen MR) is 136 cm³/mol. The topological polar surface area (TPSA) is 109 Å². The summed E-state index contributed by atoms with van der Waals surface area (Å²) in [6.07, 6.45) is 3.84. The van der Waals surface area contributed by atoms with Crippen molar-refractivity contribution in [3.8, 4) is 0 Å². The number of rotatable bonds is 2. The van der Waals surface area contributed by atoms with Crippen molar-refractivity contribution in [1.29, 1.82) is 0 Å². The van der Waals surface area contributed by atoms with Gasteiger partial charge < -0.3 is 19.7 Å². The standard InChI is InChI=1S/C27H39NO6S/c1-15-9-8-10-27(7)22(34-27)12-20(16(2)11-19-14-35-18(4)28-19)33-23(30)13-21(29)26(5,6)25(32)17(3)24(15)31/h8-9,11,14-15,17,20-22,24,29,31H,10,12-13H2,1-7H3/b9-8+,16-11+/t15-,17?,20?,21-,22+,24-,27-/m0/s1. The lowest BCUT2D eigenvalue weighted by Crippen LogP contribution is -2.45. The van der Waals surface area contributed by atoms with Crippen LogP contribution in [0.15, 0.2) is 23.1 Å². The van der Waals surface area contributed by atoms with Crippen LogP contribution in [0.2, 0.25) is 0 Å². The normalized spacial score (nSPS) is 37.9. The summed E-state index contributed by atoms with van der Waals surface area (Å²) in [5, 5.41) is 24.5. The van der Waals surface area contributed by atoms with Gasteiger partial charge in [0, 0.05) is 23.6 Å². The summed E-state index contributed by atoms with van der Waals surface area (Å²) < 4.78 is 11.9. The van der Waals surface area contributed by atoms with E-state index >= 15 is 0 Å². The van der Waals surface area contributed by atoms with Gasteiger partial charge in [0.05, 0.1) is 46.5 Å². The van der Waals surface area contributed by atoms with Gasteiger partial charge >= 0.3 is 5.97 Å². The zero-order valence-electron chi connectivity index (χ0n) is 21.8. The van der Waals surface area contributed by atoms with Gasteiger partial charge in [-0.3, -0.25) is 9.59 Å². The number of thiazole rings is 1. The van der Waals surface area contributed by atoms with E-state index in [2.05, 4.69) is 4.98 Å². The molecule has 1 aromatic rings. The van der Waals surface area contributed by atoms with E-state index in [1.165, 1.54) is 0 Å². The van der Waals surface area contributed by atoms with Gasteiger partial charge in [0.15, 0.2) is 0 Å². The van der Waals surface area contributed by atoms with Crippen molar-refractivity contribution in [3.05, 3.63) is 33.8 Å². The highest BCUT2D eigenvalue weighted by molar-refractivity contribution is 7.09. The number of esters is 1. The van der Waals surface area contributed by atoms with Crippen LogP contribution < -0.4 is 0 Å². The third kappa shape index (κ3) is 6.47. The van der Waals surface area contributed by atoms with Crippen molar-refractivity contribution in [2.45, 2.75) is 97.7 Å². The van der Waals surface area contributed by atoms with E-state index < -0.39 is 35.6 Å². The molecule has 0 spiro atoms. The molecule has 1 saturated heterocycles. The van der Waals surface area contributed by atoms with Crippen molar-refractivity contribution in [1.82, 2.24) is 4.98 Å². The average molecular weight is 506 g/mol. The molecule has 0 saturated carbocycles. The first kappa shape index (κ1) is 27.7. The van der Waals surface area contributed by atoms with E-state index in [1.807, 2.05) is 51.3 Å². The number of aliphatic hydroxyl groups excluding tert-OH is 2. The largest absolute Gasteiger partial charge is 0.458 e. The van der Waals surface area contributed by atoms with E-state index in [-0.39, 0.29) is 29.8 Å². The highest BCUT2D eigenvalue weighted by atomic mass is 32.1. The molecular weight excluding hydrogens is 466 g/mol. The molecule has 2 aliphatic rings. The maximum Gasteiger partial charge on any atom is 0.309 e. The van der Waals surface area contributed by atoms with Crippen molar-refractivity contribution >= 4 is 29.2 Å². The molecule has 8 heteroatoms. The van der Waals surface area contributed by atoms with Gasteiger partial charge in [-0.15, -0.1) is 11.3 Å². The van der Waals surface area contributed by atoms with Crippen LogP contribution in [-0.2, 0) is 19.1 Å². The van der Waals surface area contributed by atoms with Crippen LogP contribution in [0.1, 0.15) is 71.5 Å². The fraction of sp³-hybridized carbons (Fsp3) is 0.667. The number of carbonyl (C=O) groups excluding carboxylic acids is 2. The van der Waals surface area contributed by atoms with Gasteiger partial charge in [-0.25, -0.2) is 4.98 Å². The number of fused-ring (bicyclic) bond motifs is 1. The summed E-state index contributed by atoms with van der Waals surface area (Å²) in [5.41, 5.74) is 0.0391. The number of Topliss-reactive ketones (excluding diaryl/α,β-unsaturated/α-hetero) is 1. The van der Waals surface area contributed by atoms with Gasteiger partial charge in [0.25, 0.3) is 0 Å². The van der Waals surface area contributed by atoms with Crippen LogP contribution in [0, 0.1) is 24.2 Å². The second-order valence-corrected chi connectivity index (χ2v) is 12.0. The molecular formula is C27H39NO6S. The Bertz CT molecular complexity index is 998. The average Bonchev–Trinajstić information content (AvgIpc) is 3.22. The van der Waals surface area contributed by atoms with Crippen molar-refractivity contribution < 1.29 is 29.3 Å². The number of aryl methyl sites for hydroxylation is 1. The van der Waals surface area contributed by atoms with Crippen LogP contribution >= 0.6 is 11.3 Å². The molecule has 1 aromatic heterocycles. The zero-order valence-corrected chi connectivity index (χ0v) is 22.6. The molecule has 7 atom stereocenters. The van der Waals surface area contributed by atoms with Crippen molar-refractivity contribution in [3.63, 3.8) is 0 Å². The monoisotopic (exact) mass is 505 g/mol. The molecule has 194 valence electrons. The summed E-state index contributed by atoms with van der Waals surface area (Å²) in [6, 6.07) is 0. The Morgan fingerprint density at radius 3 is 2.54 bits per heavy atom. The molecule has 3 heterocycles. The molecule has 0 aromatic carbocycles. The Kier molecular flexibility index (Phi) is 8.41. The van der Waals surface area contributed by atoms with Crippen molar-refractivity contribution in [2.75, 3.05) is 0 Å². The SMILES string of the molecule is C/C(=C\c1csc(C)n1)C1C[C@H]2O[C@@]2(C)C/C=C/[C@H](C)[C@H](O)C(C)C(=O)C(C)(C)[C@@H](O)CC(=O)O1. The number of ether oxygens (including phenoxy) is 2. The van der Waals surface area contributed by atoms with Gasteiger partial charge in [-0.05, 0) is 38.8 Å². The van der Waals surface area contributed by atoms with Crippen LogP contribution in [0.25, 0.3) is 6.08 Å². The summed E-state index contributed by atoms with van der Waals surface area (Å²) >= 11 is 1.55. The number of nitrogens with zero attached hydrogens (tertiary/aromatic N) is 1. The lowest BCUT2D eigenvalue weighted by atomic mass is 9.73. The first-order valence-corrected chi connectivity index (χ1v) is 13.2. The molecule has 2 N–H and O–H groups in total. The van der Waals surface area contributed by atoms with E-state index in [9.17, 15) is 19.8 Å². The van der Waals surface area contributed by atoms with Crippen LogP contribution in [0.5, 0.6) is 0 Å². The maximum absolute atomic E-state index is 13.2. The molecule has 7 nitrogen and oxygen atoms in total. The minimum atomic E-state index is -1.25. The van der Waals surface area contributed by atoms with Gasteiger partial charge in [0.2, 0.25) is 0 Å². The van der Waals surface area contributed by atoms with E-state index in [0.29, 0.717) is 12.8 Å². The number of hydrogen-bond donors (Lipinski definition) is 2.